The lowest BCUT2D eigenvalue weighted by atomic mass is 9.60. The maximum atomic E-state index is 11.4. The highest BCUT2D eigenvalue weighted by molar-refractivity contribution is 7.43. The summed E-state index contributed by atoms with van der Waals surface area (Å²) in [7, 11) is -1.68. The number of hydrogen-bond donors (Lipinski definition) is 2. The fourth-order valence-electron chi connectivity index (χ4n) is 5.89. The van der Waals surface area contributed by atoms with Gasteiger partial charge in [0, 0.05) is 5.92 Å². The molecule has 0 radical (unpaired) electrons. The molecule has 3 unspecified atom stereocenters. The third-order valence-corrected chi connectivity index (χ3v) is 8.48. The molecule has 33 heavy (non-hydrogen) atoms. The fourth-order valence-corrected chi connectivity index (χ4v) is 7.09. The van der Waals surface area contributed by atoms with Crippen LogP contribution < -0.4 is 0 Å². The van der Waals surface area contributed by atoms with Crippen LogP contribution in [0.4, 0.5) is 0 Å². The van der Waals surface area contributed by atoms with E-state index in [0.29, 0.717) is 6.42 Å². The number of fused-ring (bicyclic) bond motifs is 2. The largest absolute Gasteiger partial charge is 0.367 e. The van der Waals surface area contributed by atoms with E-state index in [4.69, 9.17) is 13.6 Å². The molecule has 2 bridgehead atoms. The number of rotatable bonds is 5. The minimum atomic E-state index is -1.84. The lowest BCUT2D eigenvalue weighted by Gasteiger charge is -2.61. The smallest absolute Gasteiger partial charge is 0.344 e. The Morgan fingerprint density at radius 1 is 0.909 bits per heavy atom. The van der Waals surface area contributed by atoms with Crippen molar-refractivity contribution in [2.45, 2.75) is 130 Å². The van der Waals surface area contributed by atoms with E-state index in [1.54, 1.807) is 0 Å². The van der Waals surface area contributed by atoms with Crippen LogP contribution in [0, 0.1) is 5.41 Å². The number of benzene rings is 1. The first-order valence-corrected chi connectivity index (χ1v) is 13.5. The summed E-state index contributed by atoms with van der Waals surface area (Å²) in [6.45, 7) is 24.5. The normalized spacial score (nSPS) is 31.3. The molecule has 2 N–H and O–H groups in total. The van der Waals surface area contributed by atoms with E-state index in [1.807, 2.05) is 6.92 Å². The summed E-state index contributed by atoms with van der Waals surface area (Å²) >= 11 is 0. The summed E-state index contributed by atoms with van der Waals surface area (Å²) in [6, 6.07) is 4.48. The summed E-state index contributed by atoms with van der Waals surface area (Å²) in [5.41, 5.74) is 3.73. The molecule has 3 fully saturated rings. The van der Waals surface area contributed by atoms with Gasteiger partial charge in [0.1, 0.15) is 5.41 Å². The van der Waals surface area contributed by atoms with Crippen LogP contribution in [-0.4, -0.2) is 22.5 Å². The van der Waals surface area contributed by atoms with Crippen molar-refractivity contribution in [2.75, 3.05) is 0 Å². The molecule has 6 heteroatoms. The van der Waals surface area contributed by atoms with Gasteiger partial charge >= 0.3 is 14.6 Å². The van der Waals surface area contributed by atoms with E-state index in [1.165, 1.54) is 16.7 Å². The molecule has 0 amide bonds. The molecule has 3 heterocycles. The monoisotopic (exact) mass is 480 g/mol. The third-order valence-electron chi connectivity index (χ3n) is 7.32. The average molecular weight is 481 g/mol. The van der Waals surface area contributed by atoms with E-state index in [-0.39, 0.29) is 22.2 Å². The van der Waals surface area contributed by atoms with E-state index in [9.17, 15) is 10.2 Å². The molecule has 4 rings (SSSR count). The Bertz CT molecular complexity index is 867. The Hall–Kier alpha value is -0.550. The van der Waals surface area contributed by atoms with Crippen molar-refractivity contribution in [3.63, 3.8) is 0 Å². The second kappa shape index (κ2) is 8.54. The van der Waals surface area contributed by atoms with Crippen molar-refractivity contribution in [3.05, 3.63) is 34.4 Å². The molecule has 0 aliphatic carbocycles. The van der Waals surface area contributed by atoms with E-state index < -0.39 is 26.3 Å². The zero-order valence-corrected chi connectivity index (χ0v) is 23.4. The topological polar surface area (TPSA) is 68.2 Å². The van der Waals surface area contributed by atoms with E-state index in [0.717, 1.165) is 18.4 Å². The van der Waals surface area contributed by atoms with Crippen LogP contribution in [-0.2, 0) is 29.8 Å². The Kier molecular flexibility index (Phi) is 7.00. The van der Waals surface area contributed by atoms with E-state index in [2.05, 4.69) is 81.4 Å². The Morgan fingerprint density at radius 2 is 1.45 bits per heavy atom. The first-order valence-electron chi connectivity index (χ1n) is 12.4. The van der Waals surface area contributed by atoms with Gasteiger partial charge in [-0.3, -0.25) is 13.6 Å². The van der Waals surface area contributed by atoms with Crippen molar-refractivity contribution in [1.29, 1.82) is 0 Å². The van der Waals surface area contributed by atoms with Crippen LogP contribution in [0.1, 0.15) is 124 Å². The predicted octanol–water partition coefficient (Wildman–Crippen LogP) is 7.13. The molecule has 3 aliphatic heterocycles. The molecule has 1 aromatic rings. The average Bonchev–Trinajstić information content (AvgIpc) is 2.63. The fraction of sp³-hybridized carbons (Fsp3) is 0.778. The molecule has 3 aliphatic rings. The number of aliphatic hydroxyl groups excluding tert-OH is 1. The molecular weight excluding hydrogens is 435 g/mol. The highest BCUT2D eigenvalue weighted by Crippen LogP contribution is 2.73. The van der Waals surface area contributed by atoms with Crippen LogP contribution in [0.25, 0.3) is 0 Å². The molecular formula is C27H45O5P. The molecule has 3 saturated heterocycles. The predicted molar refractivity (Wildman–Crippen MR) is 134 cm³/mol. The van der Waals surface area contributed by atoms with Gasteiger partial charge in [0.25, 0.3) is 0 Å². The van der Waals surface area contributed by atoms with Crippen LogP contribution >= 0.6 is 8.60 Å². The molecule has 5 nitrogen and oxygen atoms in total. The van der Waals surface area contributed by atoms with Crippen molar-refractivity contribution >= 4 is 8.60 Å². The zero-order chi connectivity index (χ0) is 25.2. The Labute approximate surface area is 202 Å². The van der Waals surface area contributed by atoms with Crippen LogP contribution in [0.2, 0.25) is 0 Å². The highest BCUT2D eigenvalue weighted by Gasteiger charge is 2.74. The van der Waals surface area contributed by atoms with Crippen molar-refractivity contribution < 1.29 is 23.8 Å². The maximum Gasteiger partial charge on any atom is 0.344 e. The second-order valence-corrected chi connectivity index (χ2v) is 13.9. The molecule has 0 spiro atoms. The van der Waals surface area contributed by atoms with Gasteiger partial charge in [-0.15, -0.1) is 0 Å². The Morgan fingerprint density at radius 3 is 1.85 bits per heavy atom. The molecule has 0 saturated carbocycles. The van der Waals surface area contributed by atoms with Gasteiger partial charge in [0.15, 0.2) is 6.29 Å². The lowest BCUT2D eigenvalue weighted by molar-refractivity contribution is -0.458. The van der Waals surface area contributed by atoms with Gasteiger partial charge in [-0.1, -0.05) is 94.7 Å². The van der Waals surface area contributed by atoms with Crippen LogP contribution in [0.15, 0.2) is 12.1 Å². The Balaban J connectivity index is 2.40. The summed E-state index contributed by atoms with van der Waals surface area (Å²) < 4.78 is 17.1. The van der Waals surface area contributed by atoms with Crippen LogP contribution in [0.3, 0.4) is 0 Å². The van der Waals surface area contributed by atoms with Gasteiger partial charge in [-0.2, -0.15) is 0 Å². The van der Waals surface area contributed by atoms with Gasteiger partial charge in [-0.25, -0.2) is 0 Å². The third kappa shape index (κ3) is 4.32. The quantitative estimate of drug-likeness (QED) is 0.439. The maximum absolute atomic E-state index is 11.4. The van der Waals surface area contributed by atoms with Crippen molar-refractivity contribution in [3.8, 4) is 0 Å². The summed E-state index contributed by atoms with van der Waals surface area (Å²) in [6.07, 6.45) is 0.946. The minimum Gasteiger partial charge on any atom is -0.367 e. The summed E-state index contributed by atoms with van der Waals surface area (Å²) in [5, 5.41) is 22.6. The molecule has 1 aromatic carbocycles. The van der Waals surface area contributed by atoms with Gasteiger partial charge in [-0.05, 0) is 51.3 Å². The second-order valence-electron chi connectivity index (χ2n) is 12.9. The van der Waals surface area contributed by atoms with Gasteiger partial charge in [0.2, 0.25) is 0 Å². The molecule has 0 aromatic heterocycles. The first-order chi connectivity index (χ1) is 14.9. The highest BCUT2D eigenvalue weighted by atomic mass is 31.2. The zero-order valence-electron chi connectivity index (χ0n) is 22.5. The number of aliphatic hydroxyl groups is 2. The molecule has 3 atom stereocenters. The van der Waals surface area contributed by atoms with Gasteiger partial charge < -0.3 is 10.2 Å². The number of hydrogen-bond acceptors (Lipinski definition) is 5. The minimum absolute atomic E-state index is 0.0223. The summed E-state index contributed by atoms with van der Waals surface area (Å²) in [5.74, 6) is -2.06. The SMILES string of the molecule is CCCC(c1ccc(C(C)(C)C)c(C(C)(C)C)c1C(C)(C)C)C1(CC)C(O)OP2OC1(O)O2. The van der Waals surface area contributed by atoms with Crippen LogP contribution in [0.5, 0.6) is 0 Å². The lowest BCUT2D eigenvalue weighted by Crippen LogP contribution is -2.67. The van der Waals surface area contributed by atoms with Crippen molar-refractivity contribution in [1.82, 2.24) is 0 Å². The van der Waals surface area contributed by atoms with Crippen molar-refractivity contribution in [2.24, 2.45) is 5.41 Å². The molecule has 188 valence electrons. The summed E-state index contributed by atoms with van der Waals surface area (Å²) in [4.78, 5) is 0. The van der Waals surface area contributed by atoms with E-state index >= 15 is 0 Å². The van der Waals surface area contributed by atoms with Gasteiger partial charge in [0.05, 0.1) is 0 Å². The standard InChI is InChI=1S/C27H45O5P/c1-12-14-18(26(13-2)22(28)30-33-31-27(26,29)32-33)17-15-16-19(23(3,4)5)21(25(9,10)11)20(17)24(6,7)8/h15-16,18,22,28-29H,12-14H2,1-11H3. The first kappa shape index (κ1) is 27.0.